The van der Waals surface area contributed by atoms with Gasteiger partial charge < -0.3 is 14.6 Å². The van der Waals surface area contributed by atoms with Crippen LogP contribution in [0.4, 0.5) is 4.39 Å². The van der Waals surface area contributed by atoms with E-state index in [0.29, 0.717) is 23.1 Å². The molecule has 0 unspecified atom stereocenters. The van der Waals surface area contributed by atoms with Gasteiger partial charge >= 0.3 is 0 Å². The van der Waals surface area contributed by atoms with Crippen LogP contribution in [0.5, 0.6) is 0 Å². The minimum atomic E-state index is -0.436. The quantitative estimate of drug-likeness (QED) is 0.735. The first-order chi connectivity index (χ1) is 13.6. The maximum atomic E-state index is 13.8. The molecule has 1 aromatic carbocycles. The largest absolute Gasteiger partial charge is 0.353 e. The Balaban J connectivity index is 1.51. The monoisotopic (exact) mass is 384 g/mol. The van der Waals surface area contributed by atoms with Gasteiger partial charge in [0.2, 0.25) is 5.91 Å². The Labute approximate surface area is 162 Å². The second-order valence-corrected chi connectivity index (χ2v) is 7.39. The number of carbonyl (C=O) groups is 1. The molecule has 4 rings (SSSR count). The number of likely N-dealkylation sites (tertiary alicyclic amines) is 1. The van der Waals surface area contributed by atoms with Gasteiger partial charge in [0.1, 0.15) is 17.9 Å². The third kappa shape index (κ3) is 3.80. The maximum absolute atomic E-state index is 13.8. The molecule has 1 N–H and O–H groups in total. The summed E-state index contributed by atoms with van der Waals surface area (Å²) < 4.78 is 16.9. The average molecular weight is 384 g/mol. The standard InChI is InChI=1S/C21H25FN4O2/c22-16-7-8-17-19(14-16)26(21(28)18-6-5-12-25(17)18)15-20(27)23-9-13-24-10-3-1-2-4-11-24/h5-8,12,14H,1-4,9-11,13,15H2,(H,23,27). The molecule has 7 heteroatoms. The lowest BCUT2D eigenvalue weighted by Gasteiger charge is -2.20. The summed E-state index contributed by atoms with van der Waals surface area (Å²) in [6.45, 7) is 3.38. The van der Waals surface area contributed by atoms with Gasteiger partial charge in [0.25, 0.3) is 5.56 Å². The number of hydrogen-bond acceptors (Lipinski definition) is 3. The van der Waals surface area contributed by atoms with Gasteiger partial charge in [0.05, 0.1) is 11.0 Å². The predicted molar refractivity (Wildman–Crippen MR) is 107 cm³/mol. The van der Waals surface area contributed by atoms with Gasteiger partial charge in [0.15, 0.2) is 0 Å². The maximum Gasteiger partial charge on any atom is 0.275 e. The van der Waals surface area contributed by atoms with E-state index in [4.69, 9.17) is 0 Å². The van der Waals surface area contributed by atoms with Crippen LogP contribution in [0.25, 0.3) is 16.6 Å². The predicted octanol–water partition coefficient (Wildman–Crippen LogP) is 2.39. The first-order valence-corrected chi connectivity index (χ1v) is 9.92. The lowest BCUT2D eigenvalue weighted by molar-refractivity contribution is -0.121. The summed E-state index contributed by atoms with van der Waals surface area (Å²) in [4.78, 5) is 27.7. The zero-order valence-electron chi connectivity index (χ0n) is 15.9. The van der Waals surface area contributed by atoms with Crippen molar-refractivity contribution in [3.8, 4) is 0 Å². The van der Waals surface area contributed by atoms with E-state index < -0.39 is 5.82 Å². The Hall–Kier alpha value is -2.67. The van der Waals surface area contributed by atoms with E-state index in [1.807, 2.05) is 0 Å². The number of rotatable bonds is 5. The van der Waals surface area contributed by atoms with Crippen LogP contribution >= 0.6 is 0 Å². The molecular formula is C21H25FN4O2. The van der Waals surface area contributed by atoms with Gasteiger partial charge in [-0.05, 0) is 56.3 Å². The number of carbonyl (C=O) groups excluding carboxylic acids is 1. The zero-order valence-corrected chi connectivity index (χ0v) is 15.9. The molecule has 3 aromatic rings. The van der Waals surface area contributed by atoms with Gasteiger partial charge in [0, 0.05) is 19.3 Å². The van der Waals surface area contributed by atoms with Gasteiger partial charge in [-0.3, -0.25) is 14.2 Å². The summed E-state index contributed by atoms with van der Waals surface area (Å²) in [5.41, 5.74) is 1.27. The van der Waals surface area contributed by atoms with Crippen molar-refractivity contribution < 1.29 is 9.18 Å². The third-order valence-electron chi connectivity index (χ3n) is 5.45. The van der Waals surface area contributed by atoms with Crippen LogP contribution in [0, 0.1) is 5.82 Å². The molecule has 0 atom stereocenters. The summed E-state index contributed by atoms with van der Waals surface area (Å²) in [7, 11) is 0. The van der Waals surface area contributed by atoms with Crippen molar-refractivity contribution in [3.05, 3.63) is 52.7 Å². The fraction of sp³-hybridized carbons (Fsp3) is 0.429. The van der Waals surface area contributed by atoms with E-state index in [1.54, 1.807) is 28.8 Å². The van der Waals surface area contributed by atoms with Crippen molar-refractivity contribution >= 4 is 22.5 Å². The summed E-state index contributed by atoms with van der Waals surface area (Å²) in [6, 6.07) is 7.77. The highest BCUT2D eigenvalue weighted by Gasteiger charge is 2.14. The second kappa shape index (κ2) is 8.14. The molecule has 0 saturated carbocycles. The Morgan fingerprint density at radius 1 is 1.04 bits per heavy atom. The van der Waals surface area contributed by atoms with E-state index in [-0.39, 0.29) is 18.0 Å². The van der Waals surface area contributed by atoms with E-state index in [0.717, 1.165) is 19.6 Å². The molecule has 1 aliphatic heterocycles. The number of benzene rings is 1. The topological polar surface area (TPSA) is 58.8 Å². The molecule has 0 spiro atoms. The molecule has 6 nitrogen and oxygen atoms in total. The number of nitrogens with one attached hydrogen (secondary N) is 1. The van der Waals surface area contributed by atoms with Gasteiger partial charge in [-0.15, -0.1) is 0 Å². The molecule has 1 fully saturated rings. The van der Waals surface area contributed by atoms with E-state index in [9.17, 15) is 14.0 Å². The fourth-order valence-electron chi connectivity index (χ4n) is 4.00. The number of nitrogens with zero attached hydrogens (tertiary/aromatic N) is 3. The van der Waals surface area contributed by atoms with E-state index in [1.165, 1.54) is 42.4 Å². The Kier molecular flexibility index (Phi) is 5.43. The molecule has 28 heavy (non-hydrogen) atoms. The number of amides is 1. The molecular weight excluding hydrogens is 359 g/mol. The van der Waals surface area contributed by atoms with Crippen LogP contribution in [0.1, 0.15) is 25.7 Å². The molecule has 0 bridgehead atoms. The Morgan fingerprint density at radius 2 is 1.82 bits per heavy atom. The van der Waals surface area contributed by atoms with E-state index in [2.05, 4.69) is 10.2 Å². The molecule has 1 amide bonds. The van der Waals surface area contributed by atoms with Gasteiger partial charge in [-0.2, -0.15) is 0 Å². The first-order valence-electron chi connectivity index (χ1n) is 9.92. The molecule has 3 heterocycles. The van der Waals surface area contributed by atoms with Crippen LogP contribution < -0.4 is 10.9 Å². The summed E-state index contributed by atoms with van der Waals surface area (Å²) in [5, 5.41) is 2.91. The highest BCUT2D eigenvalue weighted by molar-refractivity contribution is 5.82. The molecule has 2 aromatic heterocycles. The lowest BCUT2D eigenvalue weighted by Crippen LogP contribution is -2.38. The van der Waals surface area contributed by atoms with E-state index >= 15 is 0 Å². The number of fused-ring (bicyclic) bond motifs is 3. The highest BCUT2D eigenvalue weighted by Crippen LogP contribution is 2.16. The number of aromatic nitrogens is 2. The summed E-state index contributed by atoms with van der Waals surface area (Å²) in [6.07, 6.45) is 6.73. The lowest BCUT2D eigenvalue weighted by atomic mass is 10.2. The SMILES string of the molecule is O=C(Cn1c(=O)c2cccn2c2ccc(F)cc21)NCCN1CCCCCC1. The minimum Gasteiger partial charge on any atom is -0.353 e. The molecule has 1 saturated heterocycles. The normalized spacial score (nSPS) is 15.8. The van der Waals surface area contributed by atoms with Crippen LogP contribution in [-0.2, 0) is 11.3 Å². The highest BCUT2D eigenvalue weighted by atomic mass is 19.1. The second-order valence-electron chi connectivity index (χ2n) is 7.39. The van der Waals surface area contributed by atoms with Crippen molar-refractivity contribution in [2.75, 3.05) is 26.2 Å². The number of hydrogen-bond donors (Lipinski definition) is 1. The van der Waals surface area contributed by atoms with Crippen LogP contribution in [-0.4, -0.2) is 46.0 Å². The fourth-order valence-corrected chi connectivity index (χ4v) is 4.00. The van der Waals surface area contributed by atoms with Gasteiger partial charge in [-0.1, -0.05) is 12.8 Å². The Bertz CT molecular complexity index is 1050. The van der Waals surface area contributed by atoms with Gasteiger partial charge in [-0.25, -0.2) is 4.39 Å². The first kappa shape index (κ1) is 18.7. The summed E-state index contributed by atoms with van der Waals surface area (Å²) >= 11 is 0. The molecule has 1 aliphatic rings. The van der Waals surface area contributed by atoms with Crippen LogP contribution in [0.3, 0.4) is 0 Å². The molecule has 148 valence electrons. The smallest absolute Gasteiger partial charge is 0.275 e. The van der Waals surface area contributed by atoms with Crippen molar-refractivity contribution in [1.82, 2.24) is 19.2 Å². The van der Waals surface area contributed by atoms with Crippen LogP contribution in [0.15, 0.2) is 41.3 Å². The van der Waals surface area contributed by atoms with Crippen molar-refractivity contribution in [2.45, 2.75) is 32.2 Å². The third-order valence-corrected chi connectivity index (χ3v) is 5.45. The average Bonchev–Trinajstić information content (AvgIpc) is 3.03. The van der Waals surface area contributed by atoms with Crippen molar-refractivity contribution in [3.63, 3.8) is 0 Å². The van der Waals surface area contributed by atoms with Crippen molar-refractivity contribution in [2.24, 2.45) is 0 Å². The number of halogens is 1. The molecule has 0 radical (unpaired) electrons. The van der Waals surface area contributed by atoms with Crippen LogP contribution in [0.2, 0.25) is 0 Å². The molecule has 0 aliphatic carbocycles. The Morgan fingerprint density at radius 3 is 2.61 bits per heavy atom. The minimum absolute atomic E-state index is 0.125. The summed E-state index contributed by atoms with van der Waals surface area (Å²) in [5.74, 6) is -0.674. The van der Waals surface area contributed by atoms with Crippen molar-refractivity contribution in [1.29, 1.82) is 0 Å². The zero-order chi connectivity index (χ0) is 19.5.